The van der Waals surface area contributed by atoms with Gasteiger partial charge in [-0.3, -0.25) is 10.1 Å². The second-order valence-corrected chi connectivity index (χ2v) is 6.63. The Morgan fingerprint density at radius 1 is 0.828 bits per heavy atom. The lowest BCUT2D eigenvalue weighted by Crippen LogP contribution is -2.38. The maximum atomic E-state index is 13.4. The molecule has 3 nitrogen and oxygen atoms in total. The van der Waals surface area contributed by atoms with Crippen molar-refractivity contribution in [3.8, 4) is 0 Å². The van der Waals surface area contributed by atoms with E-state index in [2.05, 4.69) is 10.6 Å². The molecular weight excluding hydrogens is 377 g/mol. The van der Waals surface area contributed by atoms with Gasteiger partial charge in [-0.2, -0.15) is 13.2 Å². The molecule has 0 saturated carbocycles. The summed E-state index contributed by atoms with van der Waals surface area (Å²) in [5, 5.41) is 5.05. The summed E-state index contributed by atoms with van der Waals surface area (Å²) in [4.78, 5) is 12.3. The molecule has 3 aromatic rings. The summed E-state index contributed by atoms with van der Waals surface area (Å²) < 4.78 is 40.2. The maximum Gasteiger partial charge on any atom is 0.407 e. The summed E-state index contributed by atoms with van der Waals surface area (Å²) in [6.07, 6.45) is -3.90. The number of alkyl halides is 3. The van der Waals surface area contributed by atoms with Crippen molar-refractivity contribution in [3.63, 3.8) is 0 Å². The van der Waals surface area contributed by atoms with Gasteiger partial charge in [0, 0.05) is 5.69 Å². The highest BCUT2D eigenvalue weighted by Crippen LogP contribution is 2.32. The number of carbonyl (C=O) groups is 1. The number of amides is 1. The third kappa shape index (κ3) is 5.93. The van der Waals surface area contributed by atoms with E-state index in [9.17, 15) is 18.0 Å². The van der Waals surface area contributed by atoms with Crippen molar-refractivity contribution in [2.24, 2.45) is 0 Å². The van der Waals surface area contributed by atoms with E-state index in [0.717, 1.165) is 11.1 Å². The highest BCUT2D eigenvalue weighted by atomic mass is 19.4. The number of anilines is 1. The number of rotatable bonds is 7. The first-order chi connectivity index (χ1) is 13.9. The van der Waals surface area contributed by atoms with Crippen LogP contribution in [0.4, 0.5) is 18.9 Å². The quantitative estimate of drug-likeness (QED) is 0.581. The molecule has 1 unspecified atom stereocenters. The van der Waals surface area contributed by atoms with Crippen LogP contribution < -0.4 is 10.6 Å². The molecule has 3 rings (SSSR count). The van der Waals surface area contributed by atoms with Crippen LogP contribution in [-0.2, 0) is 11.2 Å². The third-order valence-electron chi connectivity index (χ3n) is 4.46. The Morgan fingerprint density at radius 3 is 2.07 bits per heavy atom. The highest BCUT2D eigenvalue weighted by Gasteiger charge is 2.40. The van der Waals surface area contributed by atoms with Crippen LogP contribution in [0.5, 0.6) is 0 Å². The van der Waals surface area contributed by atoms with Gasteiger partial charge in [-0.05, 0) is 29.2 Å². The first-order valence-electron chi connectivity index (χ1n) is 9.20. The molecule has 150 valence electrons. The average molecular weight is 398 g/mol. The normalized spacial score (nSPS) is 12.4. The standard InChI is InChI=1S/C23H21F3N2O/c24-23(25,26)22(18-11-5-2-6-12-18)27-16-21(29)28-20-14-8-7-13-19(20)15-17-9-3-1-4-10-17/h1-14,22,27H,15-16H2,(H,28,29). The average Bonchev–Trinajstić information content (AvgIpc) is 2.70. The molecule has 0 spiro atoms. The molecule has 0 aliphatic rings. The van der Waals surface area contributed by atoms with Gasteiger partial charge >= 0.3 is 6.18 Å². The van der Waals surface area contributed by atoms with Gasteiger partial charge in [0.15, 0.2) is 0 Å². The molecule has 1 amide bonds. The molecule has 3 aromatic carbocycles. The first kappa shape index (κ1) is 20.6. The first-order valence-corrected chi connectivity index (χ1v) is 9.20. The van der Waals surface area contributed by atoms with Crippen LogP contribution in [0, 0.1) is 0 Å². The molecule has 0 aliphatic heterocycles. The minimum atomic E-state index is -4.51. The van der Waals surface area contributed by atoms with Crippen molar-refractivity contribution in [2.75, 3.05) is 11.9 Å². The van der Waals surface area contributed by atoms with Crippen molar-refractivity contribution < 1.29 is 18.0 Å². The van der Waals surface area contributed by atoms with Crippen molar-refractivity contribution in [1.82, 2.24) is 5.32 Å². The van der Waals surface area contributed by atoms with Gasteiger partial charge in [0.05, 0.1) is 6.54 Å². The van der Waals surface area contributed by atoms with Crippen LogP contribution >= 0.6 is 0 Å². The highest BCUT2D eigenvalue weighted by molar-refractivity contribution is 5.93. The number of benzene rings is 3. The summed E-state index contributed by atoms with van der Waals surface area (Å²) in [5.41, 5.74) is 2.62. The topological polar surface area (TPSA) is 41.1 Å². The van der Waals surface area contributed by atoms with Gasteiger partial charge in [-0.25, -0.2) is 0 Å². The number of hydrogen-bond acceptors (Lipinski definition) is 2. The van der Waals surface area contributed by atoms with Gasteiger partial charge < -0.3 is 5.32 Å². The smallest absolute Gasteiger partial charge is 0.325 e. The summed E-state index contributed by atoms with van der Waals surface area (Å²) in [6, 6.07) is 22.6. The second-order valence-electron chi connectivity index (χ2n) is 6.63. The van der Waals surface area contributed by atoms with E-state index >= 15 is 0 Å². The largest absolute Gasteiger partial charge is 0.407 e. The number of carbonyl (C=O) groups excluding carboxylic acids is 1. The fourth-order valence-electron chi connectivity index (χ4n) is 3.07. The van der Waals surface area contributed by atoms with Crippen LogP contribution in [0.3, 0.4) is 0 Å². The molecule has 0 radical (unpaired) electrons. The fraction of sp³-hybridized carbons (Fsp3) is 0.174. The monoisotopic (exact) mass is 398 g/mol. The minimum absolute atomic E-state index is 0.0669. The van der Waals surface area contributed by atoms with E-state index in [4.69, 9.17) is 0 Å². The Labute approximate surface area is 167 Å². The van der Waals surface area contributed by atoms with Crippen LogP contribution in [0.15, 0.2) is 84.9 Å². The summed E-state index contributed by atoms with van der Waals surface area (Å²) in [6.45, 7) is -0.460. The zero-order valence-electron chi connectivity index (χ0n) is 15.6. The lowest BCUT2D eigenvalue weighted by atomic mass is 10.0. The number of hydrogen-bond donors (Lipinski definition) is 2. The molecule has 0 aromatic heterocycles. The van der Waals surface area contributed by atoms with E-state index in [1.165, 1.54) is 24.3 Å². The Kier molecular flexibility index (Phi) is 6.67. The van der Waals surface area contributed by atoms with Gasteiger partial charge in [0.25, 0.3) is 0 Å². The van der Waals surface area contributed by atoms with Crippen LogP contribution in [0.2, 0.25) is 0 Å². The zero-order valence-corrected chi connectivity index (χ0v) is 15.6. The molecule has 0 bridgehead atoms. The lowest BCUT2D eigenvalue weighted by molar-refractivity contribution is -0.158. The van der Waals surface area contributed by atoms with Crippen LogP contribution in [0.1, 0.15) is 22.7 Å². The molecule has 0 fully saturated rings. The van der Waals surface area contributed by atoms with Gasteiger partial charge in [0.2, 0.25) is 5.91 Å². The predicted molar refractivity (Wildman–Crippen MR) is 108 cm³/mol. The van der Waals surface area contributed by atoms with Crippen LogP contribution in [0.25, 0.3) is 0 Å². The predicted octanol–water partition coefficient (Wildman–Crippen LogP) is 5.11. The van der Waals surface area contributed by atoms with E-state index < -0.39 is 24.7 Å². The Hall–Kier alpha value is -3.12. The molecule has 0 aliphatic carbocycles. The zero-order chi connectivity index (χ0) is 20.7. The molecule has 29 heavy (non-hydrogen) atoms. The van der Waals surface area contributed by atoms with E-state index in [-0.39, 0.29) is 5.56 Å². The Morgan fingerprint density at radius 2 is 1.41 bits per heavy atom. The number of halogens is 3. The van der Waals surface area contributed by atoms with Crippen molar-refractivity contribution in [3.05, 3.63) is 102 Å². The number of nitrogens with one attached hydrogen (secondary N) is 2. The summed E-state index contributed by atoms with van der Waals surface area (Å²) in [5.74, 6) is -0.532. The van der Waals surface area contributed by atoms with Crippen molar-refractivity contribution >= 4 is 11.6 Å². The third-order valence-corrected chi connectivity index (χ3v) is 4.46. The Bertz CT molecular complexity index is 928. The Balaban J connectivity index is 1.66. The molecular formula is C23H21F3N2O. The fourth-order valence-corrected chi connectivity index (χ4v) is 3.07. The van der Waals surface area contributed by atoms with Gasteiger partial charge in [-0.15, -0.1) is 0 Å². The van der Waals surface area contributed by atoms with Crippen molar-refractivity contribution in [1.29, 1.82) is 0 Å². The SMILES string of the molecule is O=C(CNC(c1ccccc1)C(F)(F)F)Nc1ccccc1Cc1ccccc1. The molecule has 2 N–H and O–H groups in total. The van der Waals surface area contributed by atoms with E-state index in [0.29, 0.717) is 12.1 Å². The van der Waals surface area contributed by atoms with Crippen LogP contribution in [-0.4, -0.2) is 18.6 Å². The maximum absolute atomic E-state index is 13.4. The number of para-hydroxylation sites is 1. The minimum Gasteiger partial charge on any atom is -0.325 e. The lowest BCUT2D eigenvalue weighted by Gasteiger charge is -2.22. The molecule has 0 saturated heterocycles. The van der Waals surface area contributed by atoms with E-state index in [1.54, 1.807) is 18.2 Å². The summed E-state index contributed by atoms with van der Waals surface area (Å²) in [7, 11) is 0. The van der Waals surface area contributed by atoms with Gasteiger partial charge in [-0.1, -0.05) is 78.9 Å². The molecule has 6 heteroatoms. The molecule has 0 heterocycles. The van der Waals surface area contributed by atoms with E-state index in [1.807, 2.05) is 42.5 Å². The summed E-state index contributed by atoms with van der Waals surface area (Å²) >= 11 is 0. The van der Waals surface area contributed by atoms with Crippen molar-refractivity contribution in [2.45, 2.75) is 18.6 Å². The molecule has 1 atom stereocenters. The second kappa shape index (κ2) is 9.39. The van der Waals surface area contributed by atoms with Gasteiger partial charge in [0.1, 0.15) is 6.04 Å².